The molecule has 3 N–H and O–H groups in total. The van der Waals surface area contributed by atoms with Gasteiger partial charge in [0.25, 0.3) is 0 Å². The second-order valence-electron chi connectivity index (χ2n) is 22.2. The molecule has 2 unspecified atom stereocenters. The predicted octanol–water partition coefficient (Wildman–Crippen LogP) is 21.4. The Labute approximate surface area is 434 Å². The van der Waals surface area contributed by atoms with Crippen LogP contribution in [0.4, 0.5) is 0 Å². The maximum absolute atomic E-state index is 12.5. The summed E-state index contributed by atoms with van der Waals surface area (Å²) in [5.74, 6) is -0.0654. The SMILES string of the molecule is CCCCCCCCCCCCCCCCC/C=C/CC/C=C/C(O)C(CO)NC(=O)CCCCCCCCCCCCCCCCCCCCCCCCCCCCCCCCCCCCCC. The summed E-state index contributed by atoms with van der Waals surface area (Å²) in [5.41, 5.74) is 0. The van der Waals surface area contributed by atoms with Crippen molar-refractivity contribution < 1.29 is 15.0 Å². The van der Waals surface area contributed by atoms with Crippen molar-refractivity contribution >= 4 is 5.91 Å². The largest absolute Gasteiger partial charge is 0.394 e. The molecule has 0 aromatic heterocycles. The second kappa shape index (κ2) is 61.2. The minimum Gasteiger partial charge on any atom is -0.394 e. The zero-order valence-corrected chi connectivity index (χ0v) is 47.4. The Balaban J connectivity index is 3.41. The highest BCUT2D eigenvalue weighted by Crippen LogP contribution is 2.19. The fourth-order valence-electron chi connectivity index (χ4n) is 10.3. The topological polar surface area (TPSA) is 69.6 Å². The van der Waals surface area contributed by atoms with Crippen LogP contribution in [0.1, 0.15) is 367 Å². The number of carbonyl (C=O) groups excluding carboxylic acids is 1. The van der Waals surface area contributed by atoms with Gasteiger partial charge in [-0.2, -0.15) is 0 Å². The molecule has 0 rings (SSSR count). The van der Waals surface area contributed by atoms with Gasteiger partial charge in [-0.1, -0.05) is 353 Å². The first-order valence-electron chi connectivity index (χ1n) is 32.1. The van der Waals surface area contributed by atoms with E-state index in [1.165, 1.54) is 315 Å². The molecular formula is C65H127NO3. The first-order chi connectivity index (χ1) is 34.2. The van der Waals surface area contributed by atoms with Crippen LogP contribution >= 0.6 is 0 Å². The minimum absolute atomic E-state index is 0.0654. The van der Waals surface area contributed by atoms with Gasteiger partial charge in [0.05, 0.1) is 18.8 Å². The van der Waals surface area contributed by atoms with E-state index in [4.69, 9.17) is 0 Å². The van der Waals surface area contributed by atoms with Gasteiger partial charge in [-0.05, 0) is 32.1 Å². The summed E-state index contributed by atoms with van der Waals surface area (Å²) in [6.45, 7) is 4.34. The molecule has 2 atom stereocenters. The van der Waals surface area contributed by atoms with Gasteiger partial charge in [0.2, 0.25) is 5.91 Å². The molecule has 0 bridgehead atoms. The zero-order chi connectivity index (χ0) is 49.9. The molecule has 0 spiro atoms. The highest BCUT2D eigenvalue weighted by atomic mass is 16.3. The van der Waals surface area contributed by atoms with E-state index < -0.39 is 12.1 Å². The molecule has 0 aliphatic heterocycles. The fourth-order valence-corrected chi connectivity index (χ4v) is 10.3. The third-order valence-electron chi connectivity index (χ3n) is 15.2. The Kier molecular flexibility index (Phi) is 60.2. The normalized spacial score (nSPS) is 12.8. The number of allylic oxidation sites excluding steroid dienone is 3. The monoisotopic (exact) mass is 970 g/mol. The molecule has 0 saturated carbocycles. The maximum Gasteiger partial charge on any atom is 0.220 e. The highest BCUT2D eigenvalue weighted by Gasteiger charge is 2.18. The van der Waals surface area contributed by atoms with Gasteiger partial charge < -0.3 is 15.5 Å². The zero-order valence-electron chi connectivity index (χ0n) is 47.4. The summed E-state index contributed by atoms with van der Waals surface area (Å²) in [4.78, 5) is 12.5. The number of carbonyl (C=O) groups is 1. The number of aliphatic hydroxyl groups is 2. The van der Waals surface area contributed by atoms with Crippen LogP contribution in [-0.2, 0) is 4.79 Å². The molecular weight excluding hydrogens is 843 g/mol. The van der Waals surface area contributed by atoms with Gasteiger partial charge in [-0.3, -0.25) is 4.79 Å². The summed E-state index contributed by atoms with van der Waals surface area (Å²) < 4.78 is 0. The number of rotatable bonds is 60. The molecule has 4 nitrogen and oxygen atoms in total. The number of hydrogen-bond acceptors (Lipinski definition) is 3. The lowest BCUT2D eigenvalue weighted by atomic mass is 10.0. The summed E-state index contributed by atoms with van der Waals surface area (Å²) in [5, 5.41) is 23.2. The van der Waals surface area contributed by atoms with Crippen molar-refractivity contribution in [1.29, 1.82) is 0 Å². The van der Waals surface area contributed by atoms with Gasteiger partial charge in [-0.25, -0.2) is 0 Å². The molecule has 4 heteroatoms. The summed E-state index contributed by atoms with van der Waals surface area (Å²) >= 11 is 0. The van der Waals surface area contributed by atoms with Gasteiger partial charge in [-0.15, -0.1) is 0 Å². The van der Waals surface area contributed by atoms with Crippen molar-refractivity contribution in [2.75, 3.05) is 6.61 Å². The van der Waals surface area contributed by atoms with Crippen LogP contribution in [0, 0.1) is 0 Å². The Morgan fingerprint density at radius 3 is 0.841 bits per heavy atom. The number of hydrogen-bond donors (Lipinski definition) is 3. The van der Waals surface area contributed by atoms with Gasteiger partial charge in [0, 0.05) is 6.42 Å². The van der Waals surface area contributed by atoms with Crippen molar-refractivity contribution in [2.24, 2.45) is 0 Å². The van der Waals surface area contributed by atoms with Crippen molar-refractivity contribution in [3.05, 3.63) is 24.3 Å². The van der Waals surface area contributed by atoms with Gasteiger partial charge in [0.1, 0.15) is 0 Å². The van der Waals surface area contributed by atoms with Gasteiger partial charge >= 0.3 is 0 Å². The smallest absolute Gasteiger partial charge is 0.220 e. The molecule has 0 saturated heterocycles. The van der Waals surface area contributed by atoms with E-state index in [1.807, 2.05) is 6.08 Å². The lowest BCUT2D eigenvalue weighted by molar-refractivity contribution is -0.123. The van der Waals surface area contributed by atoms with E-state index in [-0.39, 0.29) is 12.5 Å². The molecule has 0 aliphatic carbocycles. The molecule has 410 valence electrons. The fraction of sp³-hybridized carbons (Fsp3) is 0.923. The third kappa shape index (κ3) is 57.6. The second-order valence-corrected chi connectivity index (χ2v) is 22.2. The van der Waals surface area contributed by atoms with Crippen molar-refractivity contribution in [1.82, 2.24) is 5.32 Å². The Bertz CT molecular complexity index is 1010. The molecule has 0 aromatic carbocycles. The molecule has 0 radical (unpaired) electrons. The highest BCUT2D eigenvalue weighted by molar-refractivity contribution is 5.76. The first-order valence-corrected chi connectivity index (χ1v) is 32.1. The summed E-state index contributed by atoms with van der Waals surface area (Å²) in [6, 6.07) is -0.637. The Morgan fingerprint density at radius 2 is 0.565 bits per heavy atom. The number of aliphatic hydroxyl groups excluding tert-OH is 2. The third-order valence-corrected chi connectivity index (χ3v) is 15.2. The van der Waals surface area contributed by atoms with Crippen LogP contribution in [0.25, 0.3) is 0 Å². The molecule has 0 aliphatic rings. The first kappa shape index (κ1) is 67.9. The van der Waals surface area contributed by atoms with Crippen LogP contribution in [0.2, 0.25) is 0 Å². The molecule has 0 fully saturated rings. The van der Waals surface area contributed by atoms with Crippen LogP contribution in [-0.4, -0.2) is 34.9 Å². The van der Waals surface area contributed by atoms with Crippen LogP contribution < -0.4 is 5.32 Å². The molecule has 1 amide bonds. The summed E-state index contributed by atoms with van der Waals surface area (Å²) in [6.07, 6.45) is 82.5. The maximum atomic E-state index is 12.5. The van der Waals surface area contributed by atoms with Crippen molar-refractivity contribution in [3.8, 4) is 0 Å². The Hall–Kier alpha value is -1.13. The Morgan fingerprint density at radius 1 is 0.333 bits per heavy atom. The van der Waals surface area contributed by atoms with Crippen LogP contribution in [0.15, 0.2) is 24.3 Å². The van der Waals surface area contributed by atoms with E-state index in [9.17, 15) is 15.0 Å². The number of unbranched alkanes of at least 4 members (excludes halogenated alkanes) is 51. The van der Waals surface area contributed by atoms with Crippen LogP contribution in [0.3, 0.4) is 0 Å². The van der Waals surface area contributed by atoms with Crippen LogP contribution in [0.5, 0.6) is 0 Å². The number of nitrogens with one attached hydrogen (secondary N) is 1. The molecule has 69 heavy (non-hydrogen) atoms. The lowest BCUT2D eigenvalue weighted by Crippen LogP contribution is -2.45. The van der Waals surface area contributed by atoms with Crippen molar-refractivity contribution in [2.45, 2.75) is 379 Å². The van der Waals surface area contributed by atoms with Gasteiger partial charge in [0.15, 0.2) is 0 Å². The van der Waals surface area contributed by atoms with Crippen molar-refractivity contribution in [3.63, 3.8) is 0 Å². The standard InChI is InChI=1S/C65H127NO3/c1-3-5-7-9-11-13-15-17-19-21-23-25-26-27-28-29-30-31-32-33-34-35-36-37-38-39-41-43-45-47-49-51-53-55-57-59-61-65(69)66-63(62-67)64(68)60-58-56-54-52-50-48-46-44-42-40-24-22-20-18-16-14-12-10-8-6-4-2/h50,52,58,60,63-64,67-68H,3-49,51,53-57,59,61-62H2,1-2H3,(H,66,69)/b52-50+,60-58+. The van der Waals surface area contributed by atoms with E-state index in [0.717, 1.165) is 32.1 Å². The lowest BCUT2D eigenvalue weighted by Gasteiger charge is -2.19. The predicted molar refractivity (Wildman–Crippen MR) is 309 cm³/mol. The van der Waals surface area contributed by atoms with E-state index in [0.29, 0.717) is 6.42 Å². The number of amides is 1. The van der Waals surface area contributed by atoms with E-state index >= 15 is 0 Å². The molecule has 0 heterocycles. The quantitative estimate of drug-likeness (QED) is 0.0420. The van der Waals surface area contributed by atoms with E-state index in [1.54, 1.807) is 6.08 Å². The van der Waals surface area contributed by atoms with E-state index in [2.05, 4.69) is 31.3 Å². The summed E-state index contributed by atoms with van der Waals surface area (Å²) in [7, 11) is 0. The molecule has 0 aromatic rings. The average molecular weight is 971 g/mol. The minimum atomic E-state index is -0.860. The average Bonchev–Trinajstić information content (AvgIpc) is 3.35.